The Balaban J connectivity index is 2.36. The van der Waals surface area contributed by atoms with E-state index in [-0.39, 0.29) is 5.91 Å². The number of benzene rings is 1. The van der Waals surface area contributed by atoms with Crippen LogP contribution in [0, 0.1) is 0 Å². The lowest BCUT2D eigenvalue weighted by Gasteiger charge is -2.03. The lowest BCUT2D eigenvalue weighted by molar-refractivity contribution is 0.0940. The Hall–Kier alpha value is -1.84. The summed E-state index contributed by atoms with van der Waals surface area (Å²) < 4.78 is 1.28. The first kappa shape index (κ1) is 14.6. The molecule has 20 heavy (non-hydrogen) atoms. The molecule has 1 aromatic carbocycles. The molecule has 0 bridgehead atoms. The molecule has 0 aliphatic carbocycles. The van der Waals surface area contributed by atoms with Crippen molar-refractivity contribution in [1.82, 2.24) is 9.78 Å². The van der Waals surface area contributed by atoms with Crippen LogP contribution in [0.4, 0.5) is 0 Å². The maximum atomic E-state index is 11.9. The highest BCUT2D eigenvalue weighted by atomic mass is 35.5. The second-order valence-electron chi connectivity index (χ2n) is 4.22. The number of hydrogen-bond acceptors (Lipinski definition) is 2. The minimum absolute atomic E-state index is 0.250. The van der Waals surface area contributed by atoms with Gasteiger partial charge >= 0.3 is 0 Å². The van der Waals surface area contributed by atoms with E-state index in [1.165, 1.54) is 4.68 Å². The molecule has 0 aliphatic rings. The van der Waals surface area contributed by atoms with Gasteiger partial charge in [0.2, 0.25) is 0 Å². The molecule has 1 heterocycles. The fraction of sp³-hybridized carbons (Fsp3) is 0.0667. The second-order valence-corrected chi connectivity index (χ2v) is 5.04. The Labute approximate surface area is 127 Å². The van der Waals surface area contributed by atoms with Crippen molar-refractivity contribution in [2.75, 3.05) is 0 Å². The van der Waals surface area contributed by atoms with Gasteiger partial charge in [-0.25, -0.2) is 0 Å². The van der Waals surface area contributed by atoms with Gasteiger partial charge in [0.1, 0.15) is 0 Å². The Bertz CT molecular complexity index is 681. The molecular weight excluding hydrogens is 295 g/mol. The third kappa shape index (κ3) is 3.00. The summed E-state index contributed by atoms with van der Waals surface area (Å²) >= 11 is 12.2. The summed E-state index contributed by atoms with van der Waals surface area (Å²) in [6.07, 6.45) is 5.04. The highest BCUT2D eigenvalue weighted by molar-refractivity contribution is 6.37. The lowest BCUT2D eigenvalue weighted by atomic mass is 10.2. The van der Waals surface area contributed by atoms with E-state index in [1.54, 1.807) is 49.5 Å². The number of hydrogen-bond donors (Lipinski definition) is 0. The maximum absolute atomic E-state index is 11.9. The zero-order valence-corrected chi connectivity index (χ0v) is 12.3. The smallest absolute Gasteiger partial charge is 0.267 e. The summed E-state index contributed by atoms with van der Waals surface area (Å²) in [5.41, 5.74) is 1.75. The first-order valence-corrected chi connectivity index (χ1v) is 6.62. The number of rotatable bonds is 3. The van der Waals surface area contributed by atoms with Gasteiger partial charge in [0.05, 0.1) is 11.9 Å². The minimum Gasteiger partial charge on any atom is -0.267 e. The van der Waals surface area contributed by atoms with Crippen molar-refractivity contribution in [1.29, 1.82) is 0 Å². The number of carbonyl (C=O) groups excluding carboxylic acids is 1. The first-order valence-electron chi connectivity index (χ1n) is 5.87. The maximum Gasteiger partial charge on any atom is 0.273 e. The van der Waals surface area contributed by atoms with E-state index in [0.717, 1.165) is 0 Å². The molecule has 0 atom stereocenters. The fourth-order valence-corrected chi connectivity index (χ4v) is 2.15. The van der Waals surface area contributed by atoms with E-state index in [1.807, 2.05) is 0 Å². The van der Waals surface area contributed by atoms with Gasteiger partial charge in [-0.1, -0.05) is 35.8 Å². The van der Waals surface area contributed by atoms with Crippen molar-refractivity contribution >= 4 is 41.3 Å². The molecule has 1 aromatic heterocycles. The van der Waals surface area contributed by atoms with Gasteiger partial charge in [-0.15, -0.1) is 0 Å². The normalized spacial score (nSPS) is 10.9. The minimum atomic E-state index is -0.250. The topological polar surface area (TPSA) is 34.9 Å². The van der Waals surface area contributed by atoms with Crippen molar-refractivity contribution in [2.45, 2.75) is 6.92 Å². The third-order valence-electron chi connectivity index (χ3n) is 2.65. The second kappa shape index (κ2) is 6.07. The number of nitrogens with zero attached hydrogens (tertiary/aromatic N) is 2. The van der Waals surface area contributed by atoms with Gasteiger partial charge in [0.25, 0.3) is 5.91 Å². The predicted octanol–water partition coefficient (Wildman–Crippen LogP) is 4.58. The van der Waals surface area contributed by atoms with Gasteiger partial charge in [-0.05, 0) is 37.3 Å². The van der Waals surface area contributed by atoms with Gasteiger partial charge in [-0.2, -0.15) is 9.78 Å². The van der Waals surface area contributed by atoms with Crippen molar-refractivity contribution in [3.8, 4) is 0 Å². The standard InChI is InChI=1S/C15H12Cl2N2O/c1-10(2)15(20)19-11(8-9-18-19)6-7-12-13(16)4-3-5-14(12)17/h3-9H,1H2,2H3/b7-6+. The van der Waals surface area contributed by atoms with Crippen LogP contribution in [0.25, 0.3) is 12.2 Å². The fourth-order valence-electron chi connectivity index (χ4n) is 1.63. The van der Waals surface area contributed by atoms with E-state index in [9.17, 15) is 4.79 Å². The largest absolute Gasteiger partial charge is 0.273 e. The molecule has 0 amide bonds. The molecule has 2 aromatic rings. The van der Waals surface area contributed by atoms with Crippen LogP contribution in [0.1, 0.15) is 23.0 Å². The zero-order chi connectivity index (χ0) is 14.7. The Kier molecular flexibility index (Phi) is 4.42. The number of allylic oxidation sites excluding steroid dienone is 1. The average molecular weight is 307 g/mol. The van der Waals surface area contributed by atoms with E-state index >= 15 is 0 Å². The Morgan fingerprint density at radius 2 is 1.90 bits per heavy atom. The number of carbonyl (C=O) groups is 1. The zero-order valence-electron chi connectivity index (χ0n) is 10.8. The van der Waals surface area contributed by atoms with Crippen LogP contribution in [0.2, 0.25) is 10.0 Å². The van der Waals surface area contributed by atoms with Crippen molar-refractivity contribution in [3.63, 3.8) is 0 Å². The summed E-state index contributed by atoms with van der Waals surface area (Å²) in [6.45, 7) is 5.26. The molecule has 0 unspecified atom stereocenters. The van der Waals surface area contributed by atoms with Crippen molar-refractivity contribution in [2.24, 2.45) is 0 Å². The summed E-state index contributed by atoms with van der Waals surface area (Å²) in [4.78, 5) is 11.9. The number of aromatic nitrogens is 2. The van der Waals surface area contributed by atoms with Crippen LogP contribution < -0.4 is 0 Å². The SMILES string of the molecule is C=C(C)C(=O)n1nccc1/C=C/c1c(Cl)cccc1Cl. The quantitative estimate of drug-likeness (QED) is 0.778. The first-order chi connectivity index (χ1) is 9.50. The molecule has 0 N–H and O–H groups in total. The number of halogens is 2. The van der Waals surface area contributed by atoms with Crippen molar-refractivity contribution in [3.05, 3.63) is 63.9 Å². The lowest BCUT2D eigenvalue weighted by Crippen LogP contribution is -2.14. The molecule has 3 nitrogen and oxygen atoms in total. The monoisotopic (exact) mass is 306 g/mol. The molecule has 0 saturated carbocycles. The molecule has 2 rings (SSSR count). The van der Waals surface area contributed by atoms with Crippen LogP contribution in [0.5, 0.6) is 0 Å². The Morgan fingerprint density at radius 3 is 2.50 bits per heavy atom. The van der Waals surface area contributed by atoms with E-state index in [2.05, 4.69) is 11.7 Å². The van der Waals surface area contributed by atoms with Gasteiger partial charge in [0, 0.05) is 21.2 Å². The van der Waals surface area contributed by atoms with Crippen LogP contribution in [-0.4, -0.2) is 15.7 Å². The summed E-state index contributed by atoms with van der Waals surface area (Å²) in [5.74, 6) is -0.250. The van der Waals surface area contributed by atoms with Crippen LogP contribution in [0.3, 0.4) is 0 Å². The highest BCUT2D eigenvalue weighted by Gasteiger charge is 2.09. The molecule has 0 radical (unpaired) electrons. The molecule has 0 aliphatic heterocycles. The molecule has 102 valence electrons. The van der Waals surface area contributed by atoms with E-state index < -0.39 is 0 Å². The third-order valence-corrected chi connectivity index (χ3v) is 3.31. The molecule has 5 heteroatoms. The van der Waals surface area contributed by atoms with Gasteiger partial charge in [-0.3, -0.25) is 4.79 Å². The predicted molar refractivity (Wildman–Crippen MR) is 83.1 cm³/mol. The Morgan fingerprint density at radius 1 is 1.25 bits per heavy atom. The van der Waals surface area contributed by atoms with Crippen LogP contribution >= 0.6 is 23.2 Å². The van der Waals surface area contributed by atoms with E-state index in [4.69, 9.17) is 23.2 Å². The van der Waals surface area contributed by atoms with Gasteiger partial charge in [0.15, 0.2) is 0 Å². The molecule has 0 saturated heterocycles. The molecule has 0 spiro atoms. The van der Waals surface area contributed by atoms with Crippen LogP contribution in [0.15, 0.2) is 42.6 Å². The summed E-state index contributed by atoms with van der Waals surface area (Å²) in [6, 6.07) is 7.01. The summed E-state index contributed by atoms with van der Waals surface area (Å²) in [7, 11) is 0. The van der Waals surface area contributed by atoms with Crippen LogP contribution in [-0.2, 0) is 0 Å². The van der Waals surface area contributed by atoms with Gasteiger partial charge < -0.3 is 0 Å². The molecular formula is C15H12Cl2N2O. The molecule has 0 fully saturated rings. The average Bonchev–Trinajstić information content (AvgIpc) is 2.85. The highest BCUT2D eigenvalue weighted by Crippen LogP contribution is 2.26. The van der Waals surface area contributed by atoms with Crippen molar-refractivity contribution < 1.29 is 4.79 Å². The summed E-state index contributed by atoms with van der Waals surface area (Å²) in [5, 5.41) is 5.08. The van der Waals surface area contributed by atoms with E-state index in [0.29, 0.717) is 26.9 Å².